The predicted octanol–water partition coefficient (Wildman–Crippen LogP) is 3.35. The van der Waals surface area contributed by atoms with Crippen LogP contribution in [0, 0.1) is 0 Å². The maximum absolute atomic E-state index is 5.95. The lowest BCUT2D eigenvalue weighted by molar-refractivity contribution is 0.360. The van der Waals surface area contributed by atoms with E-state index in [9.17, 15) is 0 Å². The lowest BCUT2D eigenvalue weighted by atomic mass is 9.93. The van der Waals surface area contributed by atoms with Gasteiger partial charge in [-0.25, -0.2) is 0 Å². The van der Waals surface area contributed by atoms with Crippen molar-refractivity contribution in [3.05, 3.63) is 21.3 Å². The van der Waals surface area contributed by atoms with Crippen molar-refractivity contribution in [3.8, 4) is 0 Å². The summed E-state index contributed by atoms with van der Waals surface area (Å²) in [5.41, 5.74) is 0. The van der Waals surface area contributed by atoms with Crippen LogP contribution in [0.3, 0.4) is 0 Å². The highest BCUT2D eigenvalue weighted by Crippen LogP contribution is 2.23. The first-order valence-corrected chi connectivity index (χ1v) is 7.65. The first-order chi connectivity index (χ1) is 8.69. The van der Waals surface area contributed by atoms with Crippen molar-refractivity contribution >= 4 is 28.9 Å². The van der Waals surface area contributed by atoms with E-state index in [1.54, 1.807) is 11.3 Å². The minimum absolute atomic E-state index is 0.615. The van der Waals surface area contributed by atoms with Gasteiger partial charge < -0.3 is 10.2 Å². The summed E-state index contributed by atoms with van der Waals surface area (Å²) in [5, 5.41) is 3.53. The molecule has 1 N–H and O–H groups in total. The Morgan fingerprint density at radius 1 is 1.56 bits per heavy atom. The summed E-state index contributed by atoms with van der Waals surface area (Å²) >= 11 is 7.59. The molecule has 0 spiro atoms. The Bertz CT molecular complexity index is 412. The number of nitrogens with zero attached hydrogens (tertiary/aromatic N) is 2. The van der Waals surface area contributed by atoms with Crippen molar-refractivity contribution < 1.29 is 0 Å². The molecular formula is C13H20ClN3S. The zero-order valence-corrected chi connectivity index (χ0v) is 12.5. The summed E-state index contributed by atoms with van der Waals surface area (Å²) < 4.78 is 0.847. The van der Waals surface area contributed by atoms with Crippen LogP contribution in [0.1, 0.15) is 31.1 Å². The molecule has 1 aromatic rings. The fraction of sp³-hybridized carbons (Fsp3) is 0.615. The van der Waals surface area contributed by atoms with Crippen molar-refractivity contribution in [3.63, 3.8) is 0 Å². The summed E-state index contributed by atoms with van der Waals surface area (Å²) in [6.07, 6.45) is 3.87. The van der Waals surface area contributed by atoms with E-state index in [1.807, 2.05) is 6.07 Å². The molecule has 0 unspecified atom stereocenters. The fourth-order valence-electron chi connectivity index (χ4n) is 1.91. The maximum Gasteiger partial charge on any atom is 0.194 e. The van der Waals surface area contributed by atoms with Crippen molar-refractivity contribution in [1.29, 1.82) is 0 Å². The molecule has 0 saturated heterocycles. The summed E-state index contributed by atoms with van der Waals surface area (Å²) in [4.78, 5) is 7.99. The van der Waals surface area contributed by atoms with Crippen LogP contribution in [0.5, 0.6) is 0 Å². The molecule has 18 heavy (non-hydrogen) atoms. The number of aliphatic imine (C=N–C) groups is 1. The molecule has 1 aliphatic carbocycles. The normalized spacial score (nSPS) is 16.5. The Morgan fingerprint density at radius 3 is 2.83 bits per heavy atom. The Morgan fingerprint density at radius 2 is 2.33 bits per heavy atom. The van der Waals surface area contributed by atoms with E-state index >= 15 is 0 Å². The molecule has 2 rings (SSSR count). The second-order valence-corrected chi connectivity index (χ2v) is 6.43. The summed E-state index contributed by atoms with van der Waals surface area (Å²) in [6.45, 7) is 3.73. The highest BCUT2D eigenvalue weighted by atomic mass is 35.5. The van der Waals surface area contributed by atoms with Gasteiger partial charge in [0.25, 0.3) is 0 Å². The summed E-state index contributed by atoms with van der Waals surface area (Å²) in [6, 6.07) is 4.65. The number of hydrogen-bond donors (Lipinski definition) is 1. The van der Waals surface area contributed by atoms with Gasteiger partial charge in [0.1, 0.15) is 0 Å². The van der Waals surface area contributed by atoms with Gasteiger partial charge in [-0.2, -0.15) is 0 Å². The third-order valence-corrected chi connectivity index (χ3v) is 4.35. The minimum Gasteiger partial charge on any atom is -0.354 e. The molecule has 100 valence electrons. The number of thiophene rings is 1. The first kappa shape index (κ1) is 13.7. The van der Waals surface area contributed by atoms with Gasteiger partial charge in [0.15, 0.2) is 5.96 Å². The molecule has 0 amide bonds. The average Bonchev–Trinajstić information content (AvgIpc) is 2.67. The Balaban J connectivity index is 1.94. The molecule has 3 nitrogen and oxygen atoms in total. The molecule has 1 aromatic heterocycles. The van der Waals surface area contributed by atoms with Crippen LogP contribution in [-0.2, 0) is 6.54 Å². The quantitative estimate of drug-likeness (QED) is 0.679. The molecule has 0 radical (unpaired) electrons. The van der Waals surface area contributed by atoms with Gasteiger partial charge in [-0.05, 0) is 38.3 Å². The zero-order valence-electron chi connectivity index (χ0n) is 10.9. The Hall–Kier alpha value is -0.740. The second kappa shape index (κ2) is 6.43. The van der Waals surface area contributed by atoms with Crippen LogP contribution < -0.4 is 5.32 Å². The zero-order chi connectivity index (χ0) is 13.0. The van der Waals surface area contributed by atoms with Crippen LogP contribution in [0.15, 0.2) is 17.1 Å². The molecule has 1 heterocycles. The molecule has 0 aromatic carbocycles. The molecule has 0 aliphatic heterocycles. The van der Waals surface area contributed by atoms with Gasteiger partial charge in [0, 0.05) is 24.5 Å². The van der Waals surface area contributed by atoms with E-state index in [0.717, 1.165) is 23.4 Å². The van der Waals surface area contributed by atoms with E-state index in [2.05, 4.69) is 35.2 Å². The number of guanidine groups is 1. The minimum atomic E-state index is 0.615. The van der Waals surface area contributed by atoms with Crippen molar-refractivity contribution in [2.45, 2.75) is 38.8 Å². The van der Waals surface area contributed by atoms with Crippen LogP contribution in [0.2, 0.25) is 4.34 Å². The first-order valence-electron chi connectivity index (χ1n) is 6.45. The van der Waals surface area contributed by atoms with Crippen molar-refractivity contribution in [1.82, 2.24) is 10.2 Å². The topological polar surface area (TPSA) is 27.6 Å². The Kier molecular flexibility index (Phi) is 4.89. The van der Waals surface area contributed by atoms with Crippen LogP contribution >= 0.6 is 22.9 Å². The third kappa shape index (κ3) is 3.62. The van der Waals surface area contributed by atoms with Gasteiger partial charge in [-0.3, -0.25) is 4.99 Å². The highest BCUT2D eigenvalue weighted by Gasteiger charge is 2.20. The van der Waals surface area contributed by atoms with E-state index in [4.69, 9.17) is 11.6 Å². The smallest absolute Gasteiger partial charge is 0.194 e. The number of rotatable bonds is 4. The lowest BCUT2D eigenvalue weighted by Gasteiger charge is -2.31. The van der Waals surface area contributed by atoms with E-state index < -0.39 is 0 Å². The van der Waals surface area contributed by atoms with Crippen LogP contribution in [0.4, 0.5) is 0 Å². The van der Waals surface area contributed by atoms with Crippen molar-refractivity contribution in [2.24, 2.45) is 4.99 Å². The van der Waals surface area contributed by atoms with E-state index in [1.165, 1.54) is 24.1 Å². The summed E-state index contributed by atoms with van der Waals surface area (Å²) in [7, 11) is 2.08. The number of nitrogens with one attached hydrogen (secondary N) is 1. The lowest BCUT2D eigenvalue weighted by Crippen LogP contribution is -2.46. The molecule has 0 bridgehead atoms. The molecule has 0 atom stereocenters. The number of hydrogen-bond acceptors (Lipinski definition) is 2. The maximum atomic E-state index is 5.95. The molecular weight excluding hydrogens is 266 g/mol. The molecule has 1 aliphatic rings. The third-order valence-electron chi connectivity index (χ3n) is 3.13. The molecule has 5 heteroatoms. The van der Waals surface area contributed by atoms with Gasteiger partial charge >= 0.3 is 0 Å². The predicted molar refractivity (Wildman–Crippen MR) is 79.5 cm³/mol. The molecule has 1 fully saturated rings. The van der Waals surface area contributed by atoms with E-state index in [-0.39, 0.29) is 0 Å². The fourth-order valence-corrected chi connectivity index (χ4v) is 3.05. The van der Waals surface area contributed by atoms with Gasteiger partial charge in [-0.15, -0.1) is 11.3 Å². The van der Waals surface area contributed by atoms with Gasteiger partial charge in [0.2, 0.25) is 0 Å². The van der Waals surface area contributed by atoms with Crippen LogP contribution in [-0.4, -0.2) is 30.5 Å². The van der Waals surface area contributed by atoms with E-state index in [0.29, 0.717) is 6.04 Å². The molecule has 1 saturated carbocycles. The van der Waals surface area contributed by atoms with Crippen molar-refractivity contribution in [2.75, 3.05) is 13.6 Å². The Labute approximate surface area is 118 Å². The number of halogens is 1. The SMILES string of the molecule is CCN=C(NC1CCC1)N(C)Cc1ccc(Cl)s1. The second-order valence-electron chi connectivity index (χ2n) is 4.63. The summed E-state index contributed by atoms with van der Waals surface area (Å²) in [5.74, 6) is 1.01. The average molecular weight is 286 g/mol. The monoisotopic (exact) mass is 285 g/mol. The van der Waals surface area contributed by atoms with Crippen LogP contribution in [0.25, 0.3) is 0 Å². The van der Waals surface area contributed by atoms with Gasteiger partial charge in [0.05, 0.1) is 10.9 Å². The van der Waals surface area contributed by atoms with Gasteiger partial charge in [-0.1, -0.05) is 11.6 Å². The standard InChI is InChI=1S/C13H20ClN3S/c1-3-15-13(16-10-5-4-6-10)17(2)9-11-7-8-12(14)18-11/h7-8,10H,3-6,9H2,1-2H3,(H,15,16). The largest absolute Gasteiger partial charge is 0.354 e. The highest BCUT2D eigenvalue weighted by molar-refractivity contribution is 7.16.